The largest absolute Gasteiger partial charge is 0.486 e. The van der Waals surface area contributed by atoms with E-state index in [0.717, 1.165) is 57.9 Å². The average Bonchev–Trinajstić information content (AvgIpc) is 3.05. The first-order chi connectivity index (χ1) is 12.7. The van der Waals surface area contributed by atoms with Gasteiger partial charge in [-0.25, -0.2) is 0 Å². The van der Waals surface area contributed by atoms with Gasteiger partial charge in [0.1, 0.15) is 13.2 Å². The second-order valence-corrected chi connectivity index (χ2v) is 7.10. The molecule has 0 spiro atoms. The van der Waals surface area contributed by atoms with Crippen molar-refractivity contribution < 1.29 is 9.47 Å². The van der Waals surface area contributed by atoms with E-state index < -0.39 is 0 Å². The van der Waals surface area contributed by atoms with Crippen LogP contribution in [-0.4, -0.2) is 24.7 Å². The minimum absolute atomic E-state index is 0.581. The first-order valence-electron chi connectivity index (χ1n) is 9.09. The fourth-order valence-electron chi connectivity index (χ4n) is 3.60. The molecule has 0 aliphatic carbocycles. The van der Waals surface area contributed by atoms with E-state index in [0.29, 0.717) is 19.8 Å². The van der Waals surface area contributed by atoms with Gasteiger partial charge in [-0.3, -0.25) is 0 Å². The summed E-state index contributed by atoms with van der Waals surface area (Å²) in [6.45, 7) is 3.98. The summed E-state index contributed by atoms with van der Waals surface area (Å²) in [5, 5.41) is 1.90. The molecule has 26 heavy (non-hydrogen) atoms. The number of halogens is 1. The van der Waals surface area contributed by atoms with Crippen molar-refractivity contribution in [3.8, 4) is 22.8 Å². The minimum atomic E-state index is 0.581. The summed E-state index contributed by atoms with van der Waals surface area (Å²) in [7, 11) is 0. The number of fused-ring (bicyclic) bond motifs is 2. The first-order valence-corrected chi connectivity index (χ1v) is 9.46. The van der Waals surface area contributed by atoms with Crippen molar-refractivity contribution in [3.05, 3.63) is 46.5 Å². The Balaban J connectivity index is 1.87. The Hall–Kier alpha value is -2.17. The highest BCUT2D eigenvalue weighted by Crippen LogP contribution is 2.40. The number of aryl methyl sites for hydroxylation is 2. The number of nitrogens with one attached hydrogen (secondary N) is 1. The molecule has 136 valence electrons. The predicted octanol–water partition coefficient (Wildman–Crippen LogP) is 4.85. The molecular weight excluding hydrogens is 348 g/mol. The Morgan fingerprint density at radius 1 is 1.08 bits per heavy atom. The molecule has 5 heteroatoms. The average molecular weight is 371 g/mol. The van der Waals surface area contributed by atoms with Crippen LogP contribution in [0.25, 0.3) is 22.2 Å². The first kappa shape index (κ1) is 17.3. The summed E-state index contributed by atoms with van der Waals surface area (Å²) in [5.74, 6) is 1.60. The van der Waals surface area contributed by atoms with Crippen molar-refractivity contribution in [2.24, 2.45) is 5.73 Å². The van der Waals surface area contributed by atoms with Crippen LogP contribution in [-0.2, 0) is 6.42 Å². The number of aromatic amines is 1. The highest BCUT2D eigenvalue weighted by molar-refractivity contribution is 6.36. The zero-order chi connectivity index (χ0) is 18.1. The van der Waals surface area contributed by atoms with Gasteiger partial charge in [0.2, 0.25) is 0 Å². The number of benzene rings is 2. The third-order valence-corrected chi connectivity index (χ3v) is 5.24. The van der Waals surface area contributed by atoms with E-state index in [2.05, 4.69) is 30.1 Å². The van der Waals surface area contributed by atoms with Gasteiger partial charge in [-0.2, -0.15) is 0 Å². The fourth-order valence-corrected chi connectivity index (χ4v) is 3.88. The molecule has 4 nitrogen and oxygen atoms in total. The van der Waals surface area contributed by atoms with Crippen molar-refractivity contribution in [2.45, 2.75) is 26.2 Å². The molecule has 0 saturated carbocycles. The molecule has 2 heterocycles. The SMILES string of the molecule is Cc1ccc(Cl)c2c(CCCCN)c(-c3ccc4c(c3)OCCO4)[nH]c12. The lowest BCUT2D eigenvalue weighted by Gasteiger charge is -2.19. The number of hydrogen-bond donors (Lipinski definition) is 2. The zero-order valence-corrected chi connectivity index (χ0v) is 15.7. The van der Waals surface area contributed by atoms with Crippen molar-refractivity contribution in [1.82, 2.24) is 4.98 Å². The summed E-state index contributed by atoms with van der Waals surface area (Å²) in [6.07, 6.45) is 2.96. The summed E-state index contributed by atoms with van der Waals surface area (Å²) in [5.41, 5.74) is 11.4. The molecule has 0 radical (unpaired) electrons. The van der Waals surface area contributed by atoms with E-state index >= 15 is 0 Å². The number of hydrogen-bond acceptors (Lipinski definition) is 3. The third-order valence-electron chi connectivity index (χ3n) is 4.93. The van der Waals surface area contributed by atoms with Crippen LogP contribution < -0.4 is 15.2 Å². The van der Waals surface area contributed by atoms with Gasteiger partial charge < -0.3 is 20.2 Å². The summed E-state index contributed by atoms with van der Waals surface area (Å²) in [6, 6.07) is 10.1. The van der Waals surface area contributed by atoms with E-state index in [1.54, 1.807) is 0 Å². The molecule has 4 rings (SSSR count). The molecule has 3 N–H and O–H groups in total. The van der Waals surface area contributed by atoms with Gasteiger partial charge in [0.15, 0.2) is 11.5 Å². The third kappa shape index (κ3) is 3.04. The van der Waals surface area contributed by atoms with Crippen molar-refractivity contribution in [1.29, 1.82) is 0 Å². The Kier molecular flexibility index (Phi) is 4.79. The molecule has 0 unspecified atom stereocenters. The highest BCUT2D eigenvalue weighted by Gasteiger charge is 2.19. The minimum Gasteiger partial charge on any atom is -0.486 e. The normalized spacial score (nSPS) is 13.3. The molecule has 3 aromatic rings. The molecule has 1 aliphatic heterocycles. The lowest BCUT2D eigenvalue weighted by atomic mass is 9.99. The number of H-pyrrole nitrogens is 1. The Morgan fingerprint density at radius 2 is 1.88 bits per heavy atom. The fraction of sp³-hybridized carbons (Fsp3) is 0.333. The van der Waals surface area contributed by atoms with Crippen molar-refractivity contribution >= 4 is 22.5 Å². The maximum atomic E-state index is 6.57. The molecular formula is C21H23ClN2O2. The van der Waals surface area contributed by atoms with E-state index in [1.807, 2.05) is 12.1 Å². The zero-order valence-electron chi connectivity index (χ0n) is 14.9. The molecule has 0 fully saturated rings. The van der Waals surface area contributed by atoms with Crippen LogP contribution in [0.15, 0.2) is 30.3 Å². The summed E-state index contributed by atoms with van der Waals surface area (Å²) >= 11 is 6.57. The number of aromatic nitrogens is 1. The van der Waals surface area contributed by atoms with Crippen molar-refractivity contribution in [2.75, 3.05) is 19.8 Å². The molecule has 1 aromatic heterocycles. The van der Waals surface area contributed by atoms with Crippen LogP contribution >= 0.6 is 11.6 Å². The van der Waals surface area contributed by atoms with Crippen LogP contribution in [0.2, 0.25) is 5.02 Å². The summed E-state index contributed by atoms with van der Waals surface area (Å²) < 4.78 is 11.4. The lowest BCUT2D eigenvalue weighted by molar-refractivity contribution is 0.171. The summed E-state index contributed by atoms with van der Waals surface area (Å²) in [4.78, 5) is 3.61. The topological polar surface area (TPSA) is 60.3 Å². The second-order valence-electron chi connectivity index (χ2n) is 6.70. The van der Waals surface area contributed by atoms with E-state index in [-0.39, 0.29) is 0 Å². The molecule has 0 atom stereocenters. The highest BCUT2D eigenvalue weighted by atomic mass is 35.5. The Labute approximate surface area is 158 Å². The van der Waals surface area contributed by atoms with E-state index in [4.69, 9.17) is 26.8 Å². The smallest absolute Gasteiger partial charge is 0.162 e. The Morgan fingerprint density at radius 3 is 2.69 bits per heavy atom. The maximum Gasteiger partial charge on any atom is 0.162 e. The molecule has 0 amide bonds. The molecule has 0 bridgehead atoms. The maximum absolute atomic E-state index is 6.57. The Bertz CT molecular complexity index is 949. The van der Waals surface area contributed by atoms with Gasteiger partial charge in [-0.15, -0.1) is 0 Å². The van der Waals surface area contributed by atoms with Crippen LogP contribution in [0.1, 0.15) is 24.0 Å². The number of rotatable bonds is 5. The van der Waals surface area contributed by atoms with Crippen LogP contribution in [0, 0.1) is 6.92 Å². The van der Waals surface area contributed by atoms with Crippen LogP contribution in [0.3, 0.4) is 0 Å². The standard InChI is InChI=1S/C21H23ClN2O2/c1-13-5-7-16(22)19-15(4-2-3-9-23)21(24-20(13)19)14-6-8-17-18(12-14)26-11-10-25-17/h5-8,12,24H,2-4,9-11,23H2,1H3. The number of nitrogens with two attached hydrogens (primary N) is 1. The predicted molar refractivity (Wildman–Crippen MR) is 106 cm³/mol. The van der Waals surface area contributed by atoms with Gasteiger partial charge in [0.25, 0.3) is 0 Å². The molecule has 1 aliphatic rings. The van der Waals surface area contributed by atoms with Crippen LogP contribution in [0.5, 0.6) is 11.5 Å². The monoisotopic (exact) mass is 370 g/mol. The molecule has 0 saturated heterocycles. The lowest BCUT2D eigenvalue weighted by Crippen LogP contribution is -2.15. The quantitative estimate of drug-likeness (QED) is 0.631. The van der Waals surface area contributed by atoms with Gasteiger partial charge in [0.05, 0.1) is 10.5 Å². The van der Waals surface area contributed by atoms with Gasteiger partial charge in [-0.05, 0) is 68.1 Å². The number of unbranched alkanes of at least 4 members (excludes halogenated alkanes) is 1. The van der Waals surface area contributed by atoms with Crippen LogP contribution in [0.4, 0.5) is 0 Å². The van der Waals surface area contributed by atoms with Gasteiger partial charge >= 0.3 is 0 Å². The number of ether oxygens (including phenoxy) is 2. The van der Waals surface area contributed by atoms with Gasteiger partial charge in [0, 0.05) is 16.6 Å². The van der Waals surface area contributed by atoms with E-state index in [1.165, 1.54) is 11.1 Å². The van der Waals surface area contributed by atoms with Gasteiger partial charge in [-0.1, -0.05) is 17.7 Å². The molecule has 2 aromatic carbocycles. The van der Waals surface area contributed by atoms with Crippen molar-refractivity contribution in [3.63, 3.8) is 0 Å². The van der Waals surface area contributed by atoms with E-state index in [9.17, 15) is 0 Å². The second kappa shape index (κ2) is 7.22.